The molecule has 0 aromatic carbocycles. The molecule has 1 amide bonds. The van der Waals surface area contributed by atoms with Crippen molar-refractivity contribution < 1.29 is 9.53 Å². The molecule has 92 valence electrons. The number of aromatic nitrogens is 1. The predicted molar refractivity (Wildman–Crippen MR) is 64.3 cm³/mol. The second-order valence-corrected chi connectivity index (χ2v) is 4.78. The van der Waals surface area contributed by atoms with Crippen molar-refractivity contribution in [1.82, 2.24) is 9.88 Å². The average molecular weight is 234 g/mol. The Morgan fingerprint density at radius 3 is 2.76 bits per heavy atom. The van der Waals surface area contributed by atoms with E-state index in [1.54, 1.807) is 11.1 Å². The highest BCUT2D eigenvalue weighted by Crippen LogP contribution is 2.25. The summed E-state index contributed by atoms with van der Waals surface area (Å²) in [5, 5.41) is 0. The van der Waals surface area contributed by atoms with Crippen LogP contribution in [0.15, 0.2) is 24.4 Å². The van der Waals surface area contributed by atoms with Crippen LogP contribution in [-0.2, 0) is 11.3 Å². The van der Waals surface area contributed by atoms with Crippen molar-refractivity contribution in [3.05, 3.63) is 30.1 Å². The van der Waals surface area contributed by atoms with Gasteiger partial charge in [0.1, 0.15) is 6.10 Å². The van der Waals surface area contributed by atoms with Crippen LogP contribution >= 0.6 is 0 Å². The molecule has 4 heteroatoms. The summed E-state index contributed by atoms with van der Waals surface area (Å²) < 4.78 is 5.38. The Balaban J connectivity index is 2.09. The van der Waals surface area contributed by atoms with Gasteiger partial charge < -0.3 is 4.74 Å². The van der Waals surface area contributed by atoms with E-state index in [2.05, 4.69) is 18.8 Å². The summed E-state index contributed by atoms with van der Waals surface area (Å²) in [5.74, 6) is 0.336. The average Bonchev–Trinajstić information content (AvgIpc) is 2.58. The molecule has 0 N–H and O–H groups in total. The number of pyridine rings is 1. The molecule has 0 radical (unpaired) electrons. The Kier molecular flexibility index (Phi) is 3.31. The normalized spacial score (nSPS) is 24.2. The molecule has 17 heavy (non-hydrogen) atoms. The van der Waals surface area contributed by atoms with Crippen LogP contribution in [0.1, 0.15) is 26.5 Å². The first-order valence-corrected chi connectivity index (χ1v) is 5.96. The monoisotopic (exact) mass is 234 g/mol. The molecule has 1 saturated heterocycles. The van der Waals surface area contributed by atoms with Gasteiger partial charge in [0.2, 0.25) is 0 Å². The molecule has 1 aliphatic heterocycles. The molecule has 0 saturated carbocycles. The van der Waals surface area contributed by atoms with Crippen molar-refractivity contribution >= 4 is 6.09 Å². The van der Waals surface area contributed by atoms with Gasteiger partial charge in [-0.15, -0.1) is 0 Å². The van der Waals surface area contributed by atoms with Crippen molar-refractivity contribution in [3.63, 3.8) is 0 Å². The van der Waals surface area contributed by atoms with Crippen molar-refractivity contribution in [1.29, 1.82) is 0 Å². The van der Waals surface area contributed by atoms with E-state index in [0.717, 1.165) is 5.69 Å². The van der Waals surface area contributed by atoms with Crippen LogP contribution in [0.3, 0.4) is 0 Å². The molecule has 0 unspecified atom stereocenters. The van der Waals surface area contributed by atoms with Gasteiger partial charge in [-0.3, -0.25) is 9.88 Å². The summed E-state index contributed by atoms with van der Waals surface area (Å²) in [6.45, 7) is 6.68. The van der Waals surface area contributed by atoms with Crippen molar-refractivity contribution in [3.8, 4) is 0 Å². The third kappa shape index (κ3) is 2.40. The molecule has 1 fully saturated rings. The van der Waals surface area contributed by atoms with Crippen LogP contribution in [0.5, 0.6) is 0 Å². The lowest BCUT2D eigenvalue weighted by Gasteiger charge is -2.22. The molecule has 0 bridgehead atoms. The van der Waals surface area contributed by atoms with E-state index in [-0.39, 0.29) is 18.2 Å². The smallest absolute Gasteiger partial charge is 0.410 e. The molecule has 4 nitrogen and oxygen atoms in total. The number of carbonyl (C=O) groups excluding carboxylic acids is 1. The zero-order valence-corrected chi connectivity index (χ0v) is 10.5. The minimum Gasteiger partial charge on any atom is -0.444 e. The van der Waals surface area contributed by atoms with Gasteiger partial charge in [0.15, 0.2) is 0 Å². The molecule has 1 aromatic heterocycles. The fraction of sp³-hybridized carbons (Fsp3) is 0.538. The van der Waals surface area contributed by atoms with E-state index >= 15 is 0 Å². The largest absolute Gasteiger partial charge is 0.444 e. The van der Waals surface area contributed by atoms with Crippen LogP contribution in [0.25, 0.3) is 0 Å². The van der Waals surface area contributed by atoms with Crippen LogP contribution < -0.4 is 0 Å². The lowest BCUT2D eigenvalue weighted by atomic mass is 10.0. The molecule has 2 heterocycles. The Morgan fingerprint density at radius 2 is 2.24 bits per heavy atom. The molecular weight excluding hydrogens is 216 g/mol. The standard InChI is InChI=1S/C13H18N2O2/c1-9(2)12-10(3)15(13(16)17-12)8-11-6-4-5-7-14-11/h4-7,9-10,12H,8H2,1-3H3/t10-,12-/m1/s1. The Labute approximate surface area is 102 Å². The minimum absolute atomic E-state index is 0.0220. The second kappa shape index (κ2) is 4.73. The highest BCUT2D eigenvalue weighted by atomic mass is 16.6. The summed E-state index contributed by atoms with van der Waals surface area (Å²) in [4.78, 5) is 17.8. The van der Waals surface area contributed by atoms with Crippen LogP contribution in [-0.4, -0.2) is 28.1 Å². The highest BCUT2D eigenvalue weighted by molar-refractivity contribution is 5.70. The zero-order chi connectivity index (χ0) is 12.4. The third-order valence-electron chi connectivity index (χ3n) is 3.15. The number of hydrogen-bond donors (Lipinski definition) is 0. The number of ether oxygens (including phenoxy) is 1. The fourth-order valence-electron chi connectivity index (χ4n) is 2.19. The maximum absolute atomic E-state index is 11.8. The van der Waals surface area contributed by atoms with Crippen LogP contribution in [0.2, 0.25) is 0 Å². The summed E-state index contributed by atoms with van der Waals surface area (Å²) in [6.07, 6.45) is 1.48. The highest BCUT2D eigenvalue weighted by Gasteiger charge is 2.40. The van der Waals surface area contributed by atoms with Crippen molar-refractivity contribution in [2.75, 3.05) is 0 Å². The lowest BCUT2D eigenvalue weighted by molar-refractivity contribution is 0.104. The summed E-state index contributed by atoms with van der Waals surface area (Å²) in [6, 6.07) is 5.81. The van der Waals surface area contributed by atoms with Gasteiger partial charge in [0, 0.05) is 6.20 Å². The Morgan fingerprint density at radius 1 is 1.47 bits per heavy atom. The summed E-state index contributed by atoms with van der Waals surface area (Å²) in [5.41, 5.74) is 0.890. The number of rotatable bonds is 3. The van der Waals surface area contributed by atoms with E-state index in [4.69, 9.17) is 4.74 Å². The number of hydrogen-bond acceptors (Lipinski definition) is 3. The van der Waals surface area contributed by atoms with Crippen LogP contribution in [0.4, 0.5) is 4.79 Å². The first kappa shape index (κ1) is 11.9. The molecule has 0 spiro atoms. The first-order valence-electron chi connectivity index (χ1n) is 5.96. The van der Waals surface area contributed by atoms with Crippen molar-refractivity contribution in [2.24, 2.45) is 5.92 Å². The van der Waals surface area contributed by atoms with Gasteiger partial charge >= 0.3 is 6.09 Å². The van der Waals surface area contributed by atoms with Gasteiger partial charge in [-0.1, -0.05) is 19.9 Å². The number of amides is 1. The van der Waals surface area contributed by atoms with E-state index in [0.29, 0.717) is 12.5 Å². The SMILES string of the molecule is CC(C)[C@H]1OC(=O)N(Cc2ccccn2)[C@@H]1C. The van der Waals surface area contributed by atoms with Crippen LogP contribution in [0, 0.1) is 5.92 Å². The summed E-state index contributed by atoms with van der Waals surface area (Å²) >= 11 is 0. The molecular formula is C13H18N2O2. The van der Waals surface area contributed by atoms with Crippen molar-refractivity contribution in [2.45, 2.75) is 39.5 Å². The van der Waals surface area contributed by atoms with Gasteiger partial charge in [-0.2, -0.15) is 0 Å². The zero-order valence-electron chi connectivity index (χ0n) is 10.5. The fourth-order valence-corrected chi connectivity index (χ4v) is 2.19. The number of carbonyl (C=O) groups is 1. The quantitative estimate of drug-likeness (QED) is 0.806. The van der Waals surface area contributed by atoms with Gasteiger partial charge in [0.25, 0.3) is 0 Å². The number of cyclic esters (lactones) is 1. The van der Waals surface area contributed by atoms with E-state index in [1.807, 2.05) is 25.1 Å². The molecule has 2 rings (SSSR count). The summed E-state index contributed by atoms with van der Waals surface area (Å²) in [7, 11) is 0. The molecule has 1 aromatic rings. The molecule has 0 aliphatic carbocycles. The predicted octanol–water partition coefficient (Wildman–Crippen LogP) is 2.45. The number of nitrogens with zero attached hydrogens (tertiary/aromatic N) is 2. The third-order valence-corrected chi connectivity index (χ3v) is 3.15. The first-order chi connectivity index (χ1) is 8.09. The minimum atomic E-state index is -0.234. The van der Waals surface area contributed by atoms with E-state index in [1.165, 1.54) is 0 Å². The van der Waals surface area contributed by atoms with Gasteiger partial charge in [-0.25, -0.2) is 4.79 Å². The Hall–Kier alpha value is -1.58. The van der Waals surface area contributed by atoms with E-state index in [9.17, 15) is 4.79 Å². The second-order valence-electron chi connectivity index (χ2n) is 4.78. The molecule has 2 atom stereocenters. The Bertz CT molecular complexity index is 392. The maximum atomic E-state index is 11.8. The molecule has 1 aliphatic rings. The van der Waals surface area contributed by atoms with Gasteiger partial charge in [0.05, 0.1) is 18.3 Å². The van der Waals surface area contributed by atoms with Gasteiger partial charge in [-0.05, 0) is 25.0 Å². The van der Waals surface area contributed by atoms with E-state index < -0.39 is 0 Å². The lowest BCUT2D eigenvalue weighted by Crippen LogP contribution is -2.35. The topological polar surface area (TPSA) is 42.4 Å². The maximum Gasteiger partial charge on any atom is 0.410 e.